The highest BCUT2D eigenvalue weighted by Crippen LogP contribution is 2.11. The third-order valence-corrected chi connectivity index (χ3v) is 0.610. The van der Waals surface area contributed by atoms with Crippen molar-refractivity contribution in [1.82, 2.24) is 0 Å². The summed E-state index contributed by atoms with van der Waals surface area (Å²) in [6, 6.07) is 0. The minimum absolute atomic E-state index is 0.649. The fourth-order valence-corrected chi connectivity index (χ4v) is 0.245. The Bertz CT molecular complexity index is 119. The van der Waals surface area contributed by atoms with Gasteiger partial charge in [0.2, 0.25) is 0 Å². The van der Waals surface area contributed by atoms with E-state index in [1.165, 1.54) is 0 Å². The summed E-state index contributed by atoms with van der Waals surface area (Å²) in [6.45, 7) is -0.296. The molecule has 0 saturated heterocycles. The van der Waals surface area contributed by atoms with Gasteiger partial charge in [-0.05, 0) is 0 Å². The van der Waals surface area contributed by atoms with Crippen molar-refractivity contribution in [3.63, 3.8) is 0 Å². The van der Waals surface area contributed by atoms with Crippen LogP contribution in [0.4, 0.5) is 13.6 Å². The highest BCUT2D eigenvalue weighted by molar-refractivity contribution is 5.59. The first-order chi connectivity index (χ1) is 4.45. The second kappa shape index (κ2) is 3.34. The highest BCUT2D eigenvalue weighted by Gasteiger charge is 2.23. The van der Waals surface area contributed by atoms with Crippen LogP contribution in [-0.4, -0.2) is 25.8 Å². The first-order valence-electron chi connectivity index (χ1n) is 2.54. The van der Waals surface area contributed by atoms with Crippen LogP contribution in [0.2, 0.25) is 0 Å². The first kappa shape index (κ1) is 9.13. The molecule has 0 bridgehead atoms. The van der Waals surface area contributed by atoms with Crippen molar-refractivity contribution in [2.24, 2.45) is 0 Å². The number of carbonyl (C=O) groups excluding carboxylic acids is 1. The number of halogens is 2. The van der Waals surface area contributed by atoms with Crippen LogP contribution in [0.25, 0.3) is 0 Å². The Hall–Kier alpha value is -0.870. The molecule has 0 unspecified atom stereocenters. The molecular formula is C5H8F2O3. The number of ether oxygens (including phenoxy) is 2. The van der Waals surface area contributed by atoms with Crippen LogP contribution in [-0.2, 0) is 9.47 Å². The molecular weight excluding hydrogens is 146 g/mol. The molecule has 0 atom stereocenters. The van der Waals surface area contributed by atoms with Gasteiger partial charge in [-0.3, -0.25) is 0 Å². The number of carbonyl (C=O) groups is 1. The van der Waals surface area contributed by atoms with Crippen molar-refractivity contribution in [3.8, 4) is 0 Å². The third-order valence-electron chi connectivity index (χ3n) is 0.610. The maximum absolute atomic E-state index is 11.9. The Morgan fingerprint density at radius 3 is 2.40 bits per heavy atom. The molecule has 5 heteroatoms. The molecule has 0 spiro atoms. The van der Waals surface area contributed by atoms with Crippen LogP contribution in [0.5, 0.6) is 0 Å². The third kappa shape index (κ3) is 5.27. The van der Waals surface area contributed by atoms with Crippen LogP contribution in [0.15, 0.2) is 0 Å². The average Bonchev–Trinajstić information content (AvgIpc) is 1.81. The van der Waals surface area contributed by atoms with E-state index in [4.69, 9.17) is 0 Å². The van der Waals surface area contributed by atoms with Gasteiger partial charge >= 0.3 is 6.16 Å². The zero-order valence-corrected chi connectivity index (χ0v) is 5.69. The Balaban J connectivity index is 3.46. The number of methoxy groups -OCH3 is 1. The summed E-state index contributed by atoms with van der Waals surface area (Å²) in [6.07, 6.45) is -1.10. The minimum atomic E-state index is -2.99. The predicted octanol–water partition coefficient (Wildman–Crippen LogP) is 1.42. The van der Waals surface area contributed by atoms with Crippen LogP contribution in [0.1, 0.15) is 6.92 Å². The Morgan fingerprint density at radius 2 is 2.10 bits per heavy atom. The van der Waals surface area contributed by atoms with Crippen molar-refractivity contribution < 1.29 is 23.0 Å². The van der Waals surface area contributed by atoms with Crippen LogP contribution in [0, 0.1) is 0 Å². The van der Waals surface area contributed by atoms with Gasteiger partial charge in [0, 0.05) is 6.92 Å². The topological polar surface area (TPSA) is 35.5 Å². The smallest absolute Gasteiger partial charge is 0.438 e. The fourth-order valence-electron chi connectivity index (χ4n) is 0.245. The van der Waals surface area contributed by atoms with Gasteiger partial charge in [0.25, 0.3) is 5.92 Å². The first-order valence-corrected chi connectivity index (χ1v) is 2.54. The lowest BCUT2D eigenvalue weighted by Crippen LogP contribution is -2.21. The molecule has 10 heavy (non-hydrogen) atoms. The van der Waals surface area contributed by atoms with Gasteiger partial charge in [-0.2, -0.15) is 0 Å². The van der Waals surface area contributed by atoms with E-state index in [9.17, 15) is 13.6 Å². The maximum Gasteiger partial charge on any atom is 0.508 e. The van der Waals surface area contributed by atoms with Gasteiger partial charge in [0.1, 0.15) is 0 Å². The van der Waals surface area contributed by atoms with Gasteiger partial charge in [0.15, 0.2) is 6.61 Å². The standard InChI is InChI=1S/C5H8F2O3/c1-5(6,7)3-10-4(8)9-2/h3H2,1-2H3. The lowest BCUT2D eigenvalue weighted by molar-refractivity contribution is -0.0523. The molecule has 3 nitrogen and oxygen atoms in total. The Kier molecular flexibility index (Phi) is 3.05. The largest absolute Gasteiger partial charge is 0.508 e. The van der Waals surface area contributed by atoms with E-state index in [1.54, 1.807) is 0 Å². The van der Waals surface area contributed by atoms with Crippen LogP contribution < -0.4 is 0 Å². The Morgan fingerprint density at radius 1 is 1.60 bits per heavy atom. The molecule has 0 saturated carbocycles. The summed E-state index contributed by atoms with van der Waals surface area (Å²) in [4.78, 5) is 10.1. The van der Waals surface area contributed by atoms with Crippen LogP contribution in [0.3, 0.4) is 0 Å². The van der Waals surface area contributed by atoms with E-state index in [0.717, 1.165) is 7.11 Å². The second-order valence-electron chi connectivity index (χ2n) is 1.81. The molecule has 0 aliphatic rings. The molecule has 0 aromatic heterocycles. The van der Waals surface area contributed by atoms with Crippen molar-refractivity contribution in [2.45, 2.75) is 12.8 Å². The normalized spacial score (nSPS) is 10.8. The summed E-state index contributed by atoms with van der Waals surface area (Å²) in [7, 11) is 1.05. The van der Waals surface area contributed by atoms with Crippen molar-refractivity contribution in [2.75, 3.05) is 13.7 Å². The molecule has 0 amide bonds. The van der Waals surface area contributed by atoms with Gasteiger partial charge in [-0.25, -0.2) is 13.6 Å². The molecule has 0 aromatic rings. The zero-order chi connectivity index (χ0) is 8.20. The molecule has 0 aliphatic heterocycles. The number of alkyl halides is 2. The molecule has 0 rings (SSSR count). The fraction of sp³-hybridized carbons (Fsp3) is 0.800. The highest BCUT2D eigenvalue weighted by atomic mass is 19.3. The summed E-state index contributed by atoms with van der Waals surface area (Å²) in [5.74, 6) is -2.99. The summed E-state index contributed by atoms with van der Waals surface area (Å²) >= 11 is 0. The molecule has 0 N–H and O–H groups in total. The van der Waals surface area contributed by atoms with Crippen LogP contribution >= 0.6 is 0 Å². The number of hydrogen-bond acceptors (Lipinski definition) is 3. The van der Waals surface area contributed by atoms with E-state index in [1.807, 2.05) is 0 Å². The van der Waals surface area contributed by atoms with E-state index < -0.39 is 18.7 Å². The molecule has 0 aromatic carbocycles. The molecule has 60 valence electrons. The minimum Gasteiger partial charge on any atom is -0.438 e. The lowest BCUT2D eigenvalue weighted by Gasteiger charge is -2.08. The van der Waals surface area contributed by atoms with E-state index >= 15 is 0 Å². The molecule has 0 radical (unpaired) electrons. The van der Waals surface area contributed by atoms with Crippen molar-refractivity contribution in [3.05, 3.63) is 0 Å². The maximum atomic E-state index is 11.9. The number of hydrogen-bond donors (Lipinski definition) is 0. The van der Waals surface area contributed by atoms with E-state index in [-0.39, 0.29) is 0 Å². The SMILES string of the molecule is COC(=O)OCC(C)(F)F. The van der Waals surface area contributed by atoms with Gasteiger partial charge in [-0.1, -0.05) is 0 Å². The molecule has 0 heterocycles. The summed E-state index contributed by atoms with van der Waals surface area (Å²) in [5, 5.41) is 0. The monoisotopic (exact) mass is 154 g/mol. The van der Waals surface area contributed by atoms with Gasteiger partial charge in [-0.15, -0.1) is 0 Å². The van der Waals surface area contributed by atoms with Gasteiger partial charge in [0.05, 0.1) is 7.11 Å². The van der Waals surface area contributed by atoms with Crippen molar-refractivity contribution >= 4 is 6.16 Å². The lowest BCUT2D eigenvalue weighted by atomic mass is 10.4. The number of rotatable bonds is 2. The average molecular weight is 154 g/mol. The molecule has 0 fully saturated rings. The zero-order valence-electron chi connectivity index (χ0n) is 5.69. The van der Waals surface area contributed by atoms with Crippen molar-refractivity contribution in [1.29, 1.82) is 0 Å². The van der Waals surface area contributed by atoms with E-state index in [2.05, 4.69) is 9.47 Å². The summed E-state index contributed by atoms with van der Waals surface area (Å²) < 4.78 is 31.7. The van der Waals surface area contributed by atoms with E-state index in [0.29, 0.717) is 6.92 Å². The Labute approximate surface area is 56.9 Å². The second-order valence-corrected chi connectivity index (χ2v) is 1.81. The van der Waals surface area contributed by atoms with Gasteiger partial charge < -0.3 is 9.47 Å². The summed E-state index contributed by atoms with van der Waals surface area (Å²) in [5.41, 5.74) is 0. The predicted molar refractivity (Wildman–Crippen MR) is 29.0 cm³/mol. The molecule has 0 aliphatic carbocycles. The quantitative estimate of drug-likeness (QED) is 0.564.